The molecule has 0 radical (unpaired) electrons. The number of hydrazone groups is 1. The molecule has 0 bridgehead atoms. The molecule has 1 atom stereocenters. The number of aromatic nitrogens is 4. The highest BCUT2D eigenvalue weighted by Gasteiger charge is 2.36. The smallest absolute Gasteiger partial charge is 0.258 e. The molecule has 0 spiro atoms. The topological polar surface area (TPSA) is 85.0 Å². The second kappa shape index (κ2) is 6.17. The number of halogens is 1. The minimum Gasteiger partial charge on any atom is -0.442 e. The normalized spacial score (nSPS) is 16.7. The number of carbonyl (C=O) groups is 1. The first-order valence-corrected chi connectivity index (χ1v) is 8.73. The van der Waals surface area contributed by atoms with E-state index in [-0.39, 0.29) is 5.91 Å². The van der Waals surface area contributed by atoms with Crippen LogP contribution in [0.25, 0.3) is 5.78 Å². The Kier molecular flexibility index (Phi) is 3.95. The van der Waals surface area contributed by atoms with E-state index in [0.29, 0.717) is 17.5 Å². The summed E-state index contributed by atoms with van der Waals surface area (Å²) in [5.74, 6) is 0.873. The van der Waals surface area contributed by atoms with E-state index in [9.17, 15) is 4.79 Å². The summed E-state index contributed by atoms with van der Waals surface area (Å²) in [6.07, 6.45) is -0.826. The average Bonchev–Trinajstić information content (AvgIpc) is 3.19. The number of hydrogen-bond acceptors (Lipinski definition) is 6. The van der Waals surface area contributed by atoms with Gasteiger partial charge in [-0.3, -0.25) is 4.79 Å². The summed E-state index contributed by atoms with van der Waals surface area (Å²) in [5.41, 5.74) is 2.50. The molecule has 2 aromatic heterocycles. The van der Waals surface area contributed by atoms with Crippen molar-refractivity contribution in [1.29, 1.82) is 0 Å². The number of hydrogen-bond donors (Lipinski definition) is 0. The van der Waals surface area contributed by atoms with Gasteiger partial charge < -0.3 is 4.74 Å². The first-order chi connectivity index (χ1) is 12.4. The molecule has 3 aromatic rings. The number of rotatable bonds is 2. The molecule has 1 amide bonds. The quantitative estimate of drug-likeness (QED) is 0.643. The zero-order valence-electron chi connectivity index (χ0n) is 14.3. The third-order valence-electron chi connectivity index (χ3n) is 3.91. The van der Waals surface area contributed by atoms with Gasteiger partial charge in [-0.05, 0) is 44.2 Å². The fourth-order valence-corrected chi connectivity index (χ4v) is 3.00. The fourth-order valence-electron chi connectivity index (χ4n) is 2.73. The van der Waals surface area contributed by atoms with Gasteiger partial charge in [-0.1, -0.05) is 15.9 Å². The molecule has 0 saturated carbocycles. The maximum Gasteiger partial charge on any atom is 0.258 e. The number of amides is 1. The number of nitrogens with zero attached hydrogens (tertiary/aromatic N) is 6. The van der Waals surface area contributed by atoms with E-state index < -0.39 is 6.23 Å². The maximum atomic E-state index is 12.1. The second-order valence-corrected chi connectivity index (χ2v) is 6.88. The van der Waals surface area contributed by atoms with Crippen LogP contribution in [0.3, 0.4) is 0 Å². The molecule has 8 nitrogen and oxygen atoms in total. The molecule has 0 saturated heterocycles. The molecule has 0 fully saturated rings. The Morgan fingerprint density at radius 3 is 2.62 bits per heavy atom. The van der Waals surface area contributed by atoms with Crippen LogP contribution in [0, 0.1) is 13.8 Å². The van der Waals surface area contributed by atoms with E-state index in [2.05, 4.69) is 36.1 Å². The third kappa shape index (κ3) is 2.84. The molecule has 0 unspecified atom stereocenters. The summed E-state index contributed by atoms with van der Waals surface area (Å²) >= 11 is 3.39. The Labute approximate surface area is 157 Å². The molecular formula is C17H15BrN6O2. The molecular weight excluding hydrogens is 400 g/mol. The van der Waals surface area contributed by atoms with Crippen LogP contribution in [0.1, 0.15) is 35.9 Å². The van der Waals surface area contributed by atoms with Crippen LogP contribution in [-0.4, -0.2) is 36.4 Å². The van der Waals surface area contributed by atoms with Crippen LogP contribution < -0.4 is 0 Å². The van der Waals surface area contributed by atoms with Gasteiger partial charge in [0.05, 0.1) is 0 Å². The van der Waals surface area contributed by atoms with E-state index in [1.54, 1.807) is 4.52 Å². The van der Waals surface area contributed by atoms with Crippen molar-refractivity contribution in [1.82, 2.24) is 24.6 Å². The molecule has 0 aliphatic carbocycles. The minimum absolute atomic E-state index is 0.262. The number of carbonyl (C=O) groups excluding carboxylic acids is 1. The van der Waals surface area contributed by atoms with Crippen LogP contribution in [0.5, 0.6) is 0 Å². The molecule has 0 N–H and O–H groups in total. The Bertz CT molecular complexity index is 1040. The lowest BCUT2D eigenvalue weighted by Gasteiger charge is -2.15. The lowest BCUT2D eigenvalue weighted by Crippen LogP contribution is -2.26. The number of benzene rings is 1. The fraction of sp³-hybridized carbons (Fsp3) is 0.235. The van der Waals surface area contributed by atoms with Gasteiger partial charge in [-0.2, -0.15) is 9.99 Å². The predicted octanol–water partition coefficient (Wildman–Crippen LogP) is 2.74. The molecule has 26 heavy (non-hydrogen) atoms. The predicted molar refractivity (Wildman–Crippen MR) is 97.3 cm³/mol. The van der Waals surface area contributed by atoms with Gasteiger partial charge in [0.2, 0.25) is 17.6 Å². The van der Waals surface area contributed by atoms with Crippen LogP contribution in [-0.2, 0) is 9.53 Å². The Morgan fingerprint density at radius 2 is 1.92 bits per heavy atom. The average molecular weight is 415 g/mol. The second-order valence-electron chi connectivity index (χ2n) is 5.97. The third-order valence-corrected chi connectivity index (χ3v) is 4.44. The van der Waals surface area contributed by atoms with E-state index in [4.69, 9.17) is 4.74 Å². The van der Waals surface area contributed by atoms with E-state index in [1.807, 2.05) is 44.2 Å². The summed E-state index contributed by atoms with van der Waals surface area (Å²) in [6.45, 7) is 5.24. The van der Waals surface area contributed by atoms with Gasteiger partial charge in [0.25, 0.3) is 12.0 Å². The van der Waals surface area contributed by atoms with Crippen molar-refractivity contribution in [2.45, 2.75) is 27.0 Å². The first-order valence-electron chi connectivity index (χ1n) is 7.94. The van der Waals surface area contributed by atoms with Crippen LogP contribution in [0.15, 0.2) is 39.9 Å². The van der Waals surface area contributed by atoms with Crippen molar-refractivity contribution in [3.05, 3.63) is 57.6 Å². The molecule has 9 heteroatoms. The zero-order chi connectivity index (χ0) is 18.4. The summed E-state index contributed by atoms with van der Waals surface area (Å²) in [5, 5.41) is 10.0. The Morgan fingerprint density at radius 1 is 1.19 bits per heavy atom. The van der Waals surface area contributed by atoms with Gasteiger partial charge in [0.1, 0.15) is 0 Å². The lowest BCUT2D eigenvalue weighted by atomic mass is 10.2. The highest BCUT2D eigenvalue weighted by atomic mass is 79.9. The molecule has 3 heterocycles. The summed E-state index contributed by atoms with van der Waals surface area (Å²) in [4.78, 5) is 20.9. The van der Waals surface area contributed by atoms with E-state index in [0.717, 1.165) is 21.4 Å². The van der Waals surface area contributed by atoms with Gasteiger partial charge in [-0.25, -0.2) is 9.50 Å². The van der Waals surface area contributed by atoms with Crippen LogP contribution >= 0.6 is 15.9 Å². The SMILES string of the molecule is CC(=O)N1N=C(c2ccc(Br)cc2)O[C@@H]1c1nc2nc(C)cc(C)n2n1. The number of ether oxygens (including phenoxy) is 1. The highest BCUT2D eigenvalue weighted by Crippen LogP contribution is 2.29. The largest absolute Gasteiger partial charge is 0.442 e. The zero-order valence-corrected chi connectivity index (χ0v) is 15.9. The maximum absolute atomic E-state index is 12.1. The lowest BCUT2D eigenvalue weighted by molar-refractivity contribution is -0.135. The van der Waals surface area contributed by atoms with Crippen molar-refractivity contribution in [2.24, 2.45) is 5.10 Å². The number of fused-ring (bicyclic) bond motifs is 1. The molecule has 1 aromatic carbocycles. The first kappa shape index (κ1) is 16.6. The molecule has 132 valence electrons. The van der Waals surface area contributed by atoms with Crippen molar-refractivity contribution in [3.8, 4) is 0 Å². The monoisotopic (exact) mass is 414 g/mol. The summed E-state index contributed by atoms with van der Waals surface area (Å²) < 4.78 is 8.49. The van der Waals surface area contributed by atoms with E-state index >= 15 is 0 Å². The molecule has 1 aliphatic rings. The highest BCUT2D eigenvalue weighted by molar-refractivity contribution is 9.10. The summed E-state index contributed by atoms with van der Waals surface area (Å²) in [7, 11) is 0. The molecule has 1 aliphatic heterocycles. The van der Waals surface area contributed by atoms with Crippen molar-refractivity contribution >= 4 is 33.5 Å². The van der Waals surface area contributed by atoms with Gasteiger partial charge in [0.15, 0.2) is 0 Å². The Balaban J connectivity index is 1.73. The Hall–Kier alpha value is -2.81. The summed E-state index contributed by atoms with van der Waals surface area (Å²) in [6, 6.07) is 9.39. The standard InChI is InChI=1S/C17H15BrN6O2/c1-9-8-10(2)23-17(19-9)20-14(21-23)16-24(11(3)25)22-15(26-16)12-4-6-13(18)7-5-12/h4-8,16H,1-3H3/t16-/m1/s1. The van der Waals surface area contributed by atoms with Gasteiger partial charge >= 0.3 is 0 Å². The van der Waals surface area contributed by atoms with Crippen molar-refractivity contribution in [3.63, 3.8) is 0 Å². The van der Waals surface area contributed by atoms with E-state index in [1.165, 1.54) is 11.9 Å². The van der Waals surface area contributed by atoms with Crippen LogP contribution in [0.4, 0.5) is 0 Å². The van der Waals surface area contributed by atoms with Crippen LogP contribution in [0.2, 0.25) is 0 Å². The van der Waals surface area contributed by atoms with Crippen molar-refractivity contribution in [2.75, 3.05) is 0 Å². The molecule has 4 rings (SSSR count). The number of aryl methyl sites for hydroxylation is 2. The minimum atomic E-state index is -0.826. The van der Waals surface area contributed by atoms with Crippen molar-refractivity contribution < 1.29 is 9.53 Å². The van der Waals surface area contributed by atoms with Gasteiger partial charge in [0, 0.05) is 28.3 Å². The van der Waals surface area contributed by atoms with Gasteiger partial charge in [-0.15, -0.1) is 10.2 Å².